The number of pyridine rings is 2. The first-order chi connectivity index (χ1) is 23.9. The number of ether oxygens (including phenoxy) is 2. The van der Waals surface area contributed by atoms with E-state index in [0.29, 0.717) is 31.8 Å². The second-order valence-corrected chi connectivity index (χ2v) is 15.1. The molecule has 0 bridgehead atoms. The Hall–Kier alpha value is -3.67. The Labute approximate surface area is 325 Å². The fourth-order valence-electron chi connectivity index (χ4n) is 4.72. The largest absolute Gasteiger partial charge is 0.460 e. The van der Waals surface area contributed by atoms with Crippen molar-refractivity contribution < 1.29 is 19.1 Å². The van der Waals surface area contributed by atoms with Gasteiger partial charge in [0.2, 0.25) is 0 Å². The SMILES string of the molecule is C.C[C@@H](N)CCC(=O)OC(C)(C)C.C[C@H](CCC(=O)OC(C)(C)C)NCc1ccc2cnccc2c1.C[C@H](CN)NCc1ccc2cnccc2c1.Cl. The predicted octanol–water partition coefficient (Wildman–Crippen LogP) is 8.02. The van der Waals surface area contributed by atoms with Crippen molar-refractivity contribution in [2.45, 2.75) is 138 Å². The Morgan fingerprint density at radius 1 is 0.679 bits per heavy atom. The van der Waals surface area contributed by atoms with E-state index in [0.717, 1.165) is 24.9 Å². The summed E-state index contributed by atoms with van der Waals surface area (Å²) in [5.41, 5.74) is 12.8. The molecule has 0 unspecified atom stereocenters. The van der Waals surface area contributed by atoms with Crippen LogP contribution in [0, 0.1) is 0 Å². The third-order valence-corrected chi connectivity index (χ3v) is 7.50. The Kier molecular flexibility index (Phi) is 22.9. The number of carbonyl (C=O) groups excluding carboxylic acids is 2. The van der Waals surface area contributed by atoms with E-state index >= 15 is 0 Å². The van der Waals surface area contributed by atoms with Crippen molar-refractivity contribution in [1.82, 2.24) is 20.6 Å². The van der Waals surface area contributed by atoms with Gasteiger partial charge in [-0.05, 0) is 121 Å². The highest BCUT2D eigenvalue weighted by Gasteiger charge is 2.17. The first kappa shape index (κ1) is 49.3. The molecular weight excluding hydrogens is 688 g/mol. The van der Waals surface area contributed by atoms with Crippen molar-refractivity contribution in [3.05, 3.63) is 84.4 Å². The van der Waals surface area contributed by atoms with Crippen molar-refractivity contribution >= 4 is 45.9 Å². The molecule has 0 saturated heterocycles. The fourth-order valence-corrected chi connectivity index (χ4v) is 4.72. The van der Waals surface area contributed by atoms with Crippen LogP contribution in [0.4, 0.5) is 0 Å². The maximum Gasteiger partial charge on any atom is 0.306 e. The van der Waals surface area contributed by atoms with Crippen LogP contribution in [0.1, 0.15) is 107 Å². The molecule has 6 N–H and O–H groups in total. The molecule has 3 atom stereocenters. The number of hydrogen-bond acceptors (Lipinski definition) is 10. The van der Waals surface area contributed by atoms with Crippen LogP contribution >= 0.6 is 12.4 Å². The molecule has 4 rings (SSSR count). The summed E-state index contributed by atoms with van der Waals surface area (Å²) in [5.74, 6) is -0.302. The van der Waals surface area contributed by atoms with E-state index in [9.17, 15) is 9.59 Å². The van der Waals surface area contributed by atoms with Gasteiger partial charge in [-0.1, -0.05) is 31.7 Å². The van der Waals surface area contributed by atoms with Crippen LogP contribution < -0.4 is 22.1 Å². The number of esters is 2. The van der Waals surface area contributed by atoms with Crippen LogP contribution in [0.5, 0.6) is 0 Å². The minimum absolute atomic E-state index is 0. The molecule has 0 spiro atoms. The van der Waals surface area contributed by atoms with Gasteiger partial charge in [0.15, 0.2) is 0 Å². The number of nitrogens with one attached hydrogen (secondary N) is 2. The number of fused-ring (bicyclic) bond motifs is 2. The molecule has 10 nitrogen and oxygen atoms in total. The standard InChI is InChI=1S/C19H26N2O2.C13H17N3.C9H19NO2.CH4.ClH/c1-14(5-8-18(22)23-19(2,3)4)21-12-15-6-7-17-13-20-10-9-16(17)11-15;1-10(7-14)16-8-11-2-3-13-9-15-5-4-12(13)6-11;1-7(10)5-6-8(11)12-9(2,3)4;;/h6-7,9-11,13-14,21H,5,8,12H2,1-4H3;2-6,9-10,16H,7-8,14H2,1H3;7H,5-6,10H2,1-4H3;1H4;1H/t14-;10-;7-;;/m111../s1. The molecule has 296 valence electrons. The van der Waals surface area contributed by atoms with E-state index in [-0.39, 0.29) is 49.5 Å². The summed E-state index contributed by atoms with van der Waals surface area (Å²) in [7, 11) is 0. The van der Waals surface area contributed by atoms with Crippen molar-refractivity contribution in [3.8, 4) is 0 Å². The average Bonchev–Trinajstić information content (AvgIpc) is 3.06. The molecule has 0 aliphatic rings. The predicted molar refractivity (Wildman–Crippen MR) is 223 cm³/mol. The van der Waals surface area contributed by atoms with Gasteiger partial charge < -0.3 is 31.6 Å². The van der Waals surface area contributed by atoms with Crippen molar-refractivity contribution in [3.63, 3.8) is 0 Å². The van der Waals surface area contributed by atoms with Crippen molar-refractivity contribution in [2.24, 2.45) is 11.5 Å². The van der Waals surface area contributed by atoms with Gasteiger partial charge in [0.25, 0.3) is 0 Å². The van der Waals surface area contributed by atoms with E-state index in [1.165, 1.54) is 27.3 Å². The van der Waals surface area contributed by atoms with Crippen LogP contribution in [-0.2, 0) is 32.2 Å². The Balaban J connectivity index is 0.000000794. The van der Waals surface area contributed by atoms with Gasteiger partial charge in [0.05, 0.1) is 0 Å². The monoisotopic (exact) mass is 754 g/mol. The zero-order valence-corrected chi connectivity index (χ0v) is 33.5. The lowest BCUT2D eigenvalue weighted by Gasteiger charge is -2.20. The Morgan fingerprint density at radius 2 is 1.09 bits per heavy atom. The number of carbonyl (C=O) groups is 2. The first-order valence-electron chi connectivity index (χ1n) is 18.0. The number of nitrogens with two attached hydrogens (primary N) is 2. The van der Waals surface area contributed by atoms with Gasteiger partial charge in [-0.25, -0.2) is 0 Å². The molecular formula is C42H67ClN6O4. The lowest BCUT2D eigenvalue weighted by Crippen LogP contribution is -2.32. The summed E-state index contributed by atoms with van der Waals surface area (Å²) in [6, 6.07) is 17.5. The average molecular weight is 755 g/mol. The number of nitrogens with zero attached hydrogens (tertiary/aromatic N) is 2. The molecule has 11 heteroatoms. The highest BCUT2D eigenvalue weighted by Crippen LogP contribution is 2.16. The second kappa shape index (κ2) is 24.6. The molecule has 53 heavy (non-hydrogen) atoms. The topological polar surface area (TPSA) is 154 Å². The Morgan fingerprint density at radius 3 is 1.49 bits per heavy atom. The molecule has 0 aliphatic heterocycles. The zero-order chi connectivity index (χ0) is 38.0. The van der Waals surface area contributed by atoms with E-state index in [1.807, 2.05) is 85.4 Å². The van der Waals surface area contributed by atoms with E-state index in [1.54, 1.807) is 0 Å². The molecule has 2 heterocycles. The van der Waals surface area contributed by atoms with Crippen molar-refractivity contribution in [1.29, 1.82) is 0 Å². The first-order valence-corrected chi connectivity index (χ1v) is 18.0. The highest BCUT2D eigenvalue weighted by atomic mass is 35.5. The van der Waals surface area contributed by atoms with E-state index in [4.69, 9.17) is 20.9 Å². The van der Waals surface area contributed by atoms with Gasteiger partial charge in [-0.15, -0.1) is 12.4 Å². The van der Waals surface area contributed by atoms with Gasteiger partial charge in [-0.2, -0.15) is 0 Å². The van der Waals surface area contributed by atoms with Crippen LogP contribution in [0.3, 0.4) is 0 Å². The fraction of sp³-hybridized carbons (Fsp3) is 0.524. The van der Waals surface area contributed by atoms with Crippen LogP contribution in [0.2, 0.25) is 0 Å². The minimum Gasteiger partial charge on any atom is -0.460 e. The second-order valence-electron chi connectivity index (χ2n) is 15.1. The number of hydrogen-bond donors (Lipinski definition) is 4. The van der Waals surface area contributed by atoms with Crippen LogP contribution in [0.25, 0.3) is 21.5 Å². The normalized spacial score (nSPS) is 12.7. The summed E-state index contributed by atoms with van der Waals surface area (Å²) >= 11 is 0. The number of halogens is 1. The highest BCUT2D eigenvalue weighted by molar-refractivity contribution is 5.85. The van der Waals surface area contributed by atoms with Gasteiger partial charge in [0.1, 0.15) is 11.2 Å². The molecule has 2 aromatic carbocycles. The van der Waals surface area contributed by atoms with Gasteiger partial charge >= 0.3 is 11.9 Å². The van der Waals surface area contributed by atoms with Gasteiger partial charge in [0, 0.05) is 86.2 Å². The number of rotatable bonds is 13. The maximum atomic E-state index is 11.7. The summed E-state index contributed by atoms with van der Waals surface area (Å²) < 4.78 is 10.4. The van der Waals surface area contributed by atoms with E-state index < -0.39 is 5.60 Å². The zero-order valence-electron chi connectivity index (χ0n) is 32.7. The molecule has 4 aromatic rings. The number of benzene rings is 2. The lowest BCUT2D eigenvalue weighted by atomic mass is 10.1. The third kappa shape index (κ3) is 22.2. The van der Waals surface area contributed by atoms with Crippen LogP contribution in [0.15, 0.2) is 73.3 Å². The molecule has 0 radical (unpaired) electrons. The van der Waals surface area contributed by atoms with Crippen molar-refractivity contribution in [2.75, 3.05) is 6.54 Å². The maximum absolute atomic E-state index is 11.7. The van der Waals surface area contributed by atoms with Crippen LogP contribution in [-0.4, -0.2) is 57.8 Å². The molecule has 0 amide bonds. The minimum atomic E-state index is -0.409. The van der Waals surface area contributed by atoms with Gasteiger partial charge in [-0.3, -0.25) is 19.6 Å². The summed E-state index contributed by atoms with van der Waals surface area (Å²) in [6.45, 7) is 19.6. The molecule has 0 saturated carbocycles. The molecule has 0 aliphatic carbocycles. The summed E-state index contributed by atoms with van der Waals surface area (Å²) in [4.78, 5) is 31.0. The molecule has 0 fully saturated rings. The summed E-state index contributed by atoms with van der Waals surface area (Å²) in [6.07, 6.45) is 9.70. The number of aromatic nitrogens is 2. The smallest absolute Gasteiger partial charge is 0.306 e. The lowest BCUT2D eigenvalue weighted by molar-refractivity contribution is -0.156. The van der Waals surface area contributed by atoms with E-state index in [2.05, 4.69) is 70.8 Å². The molecule has 2 aromatic heterocycles. The third-order valence-electron chi connectivity index (χ3n) is 7.50. The summed E-state index contributed by atoms with van der Waals surface area (Å²) in [5, 5.41) is 11.6. The Bertz CT molecular complexity index is 1640. The quantitative estimate of drug-likeness (QED) is 0.0987.